The molecule has 1 aliphatic carbocycles. The number of aromatic nitrogens is 3. The Balaban J connectivity index is 0.00000341. The van der Waals surface area contributed by atoms with Gasteiger partial charge in [0.1, 0.15) is 5.82 Å². The SMILES string of the molecule is Cc1cc(CN=C(NCc2nnc(C)n2C)NC2CCCCC2)ccc1S(C)(=O)=O.I. The van der Waals surface area contributed by atoms with E-state index in [1.165, 1.54) is 25.5 Å². The zero-order valence-electron chi connectivity index (χ0n) is 18.7. The molecule has 31 heavy (non-hydrogen) atoms. The van der Waals surface area contributed by atoms with Crippen molar-refractivity contribution in [2.24, 2.45) is 12.0 Å². The maximum absolute atomic E-state index is 11.8. The number of nitrogens with zero attached hydrogens (tertiary/aromatic N) is 4. The minimum Gasteiger partial charge on any atom is -0.354 e. The number of benzene rings is 1. The second-order valence-electron chi connectivity index (χ2n) is 8.09. The number of nitrogens with one attached hydrogen (secondary N) is 2. The molecule has 1 aliphatic rings. The first-order valence-electron chi connectivity index (χ1n) is 10.4. The predicted octanol–water partition coefficient (Wildman–Crippen LogP) is 3.02. The van der Waals surface area contributed by atoms with Gasteiger partial charge < -0.3 is 15.2 Å². The predicted molar refractivity (Wildman–Crippen MR) is 133 cm³/mol. The number of halogens is 1. The number of hydrogen-bond acceptors (Lipinski definition) is 5. The molecule has 1 aromatic heterocycles. The van der Waals surface area contributed by atoms with Crippen LogP contribution in [0.2, 0.25) is 0 Å². The summed E-state index contributed by atoms with van der Waals surface area (Å²) < 4.78 is 25.6. The van der Waals surface area contributed by atoms with Gasteiger partial charge in [0, 0.05) is 19.3 Å². The molecule has 1 fully saturated rings. The molecule has 0 radical (unpaired) electrons. The first-order chi connectivity index (χ1) is 14.2. The molecule has 10 heteroatoms. The molecule has 1 saturated carbocycles. The van der Waals surface area contributed by atoms with Crippen LogP contribution in [0.5, 0.6) is 0 Å². The lowest BCUT2D eigenvalue weighted by Crippen LogP contribution is -2.44. The summed E-state index contributed by atoms with van der Waals surface area (Å²) in [6.45, 7) is 4.74. The van der Waals surface area contributed by atoms with Crippen molar-refractivity contribution >= 4 is 39.8 Å². The second kappa shape index (κ2) is 11.3. The molecule has 172 valence electrons. The van der Waals surface area contributed by atoms with E-state index in [1.807, 2.05) is 37.6 Å². The van der Waals surface area contributed by atoms with E-state index in [2.05, 4.69) is 20.8 Å². The molecular formula is C21H33IN6O2S. The van der Waals surface area contributed by atoms with E-state index in [9.17, 15) is 8.42 Å². The maximum atomic E-state index is 11.8. The van der Waals surface area contributed by atoms with Crippen LogP contribution in [0.3, 0.4) is 0 Å². The molecule has 0 atom stereocenters. The third-order valence-electron chi connectivity index (χ3n) is 5.60. The first-order valence-corrected chi connectivity index (χ1v) is 12.3. The van der Waals surface area contributed by atoms with Crippen LogP contribution < -0.4 is 10.6 Å². The summed E-state index contributed by atoms with van der Waals surface area (Å²) in [5.74, 6) is 2.46. The van der Waals surface area contributed by atoms with E-state index in [-0.39, 0.29) is 24.0 Å². The summed E-state index contributed by atoms with van der Waals surface area (Å²) in [4.78, 5) is 5.13. The summed E-state index contributed by atoms with van der Waals surface area (Å²) in [5, 5.41) is 15.2. The second-order valence-corrected chi connectivity index (χ2v) is 10.1. The Labute approximate surface area is 202 Å². The molecule has 0 saturated heterocycles. The van der Waals surface area contributed by atoms with Gasteiger partial charge in [-0.05, 0) is 43.9 Å². The van der Waals surface area contributed by atoms with E-state index in [0.717, 1.165) is 41.6 Å². The highest BCUT2D eigenvalue weighted by atomic mass is 127. The molecule has 0 spiro atoms. The van der Waals surface area contributed by atoms with Crippen LogP contribution in [0.1, 0.15) is 54.9 Å². The van der Waals surface area contributed by atoms with Gasteiger partial charge in [0.2, 0.25) is 0 Å². The van der Waals surface area contributed by atoms with Gasteiger partial charge in [-0.25, -0.2) is 13.4 Å². The lowest BCUT2D eigenvalue weighted by molar-refractivity contribution is 0.409. The van der Waals surface area contributed by atoms with Crippen LogP contribution in [0.15, 0.2) is 28.1 Å². The molecule has 2 aromatic rings. The smallest absolute Gasteiger partial charge is 0.192 e. The van der Waals surface area contributed by atoms with Crippen molar-refractivity contribution in [1.29, 1.82) is 0 Å². The molecule has 0 amide bonds. The van der Waals surface area contributed by atoms with Crippen LogP contribution >= 0.6 is 24.0 Å². The van der Waals surface area contributed by atoms with Gasteiger partial charge in [-0.2, -0.15) is 0 Å². The summed E-state index contributed by atoms with van der Waals surface area (Å²) in [6, 6.07) is 5.81. The van der Waals surface area contributed by atoms with Crippen molar-refractivity contribution in [2.45, 2.75) is 70.0 Å². The van der Waals surface area contributed by atoms with E-state index in [1.54, 1.807) is 6.07 Å². The monoisotopic (exact) mass is 560 g/mol. The van der Waals surface area contributed by atoms with Crippen molar-refractivity contribution < 1.29 is 8.42 Å². The highest BCUT2D eigenvalue weighted by Crippen LogP contribution is 2.18. The third-order valence-corrected chi connectivity index (χ3v) is 6.86. The van der Waals surface area contributed by atoms with Crippen molar-refractivity contribution in [3.63, 3.8) is 0 Å². The molecule has 2 N–H and O–H groups in total. The van der Waals surface area contributed by atoms with E-state index < -0.39 is 9.84 Å². The van der Waals surface area contributed by atoms with E-state index in [0.29, 0.717) is 24.0 Å². The van der Waals surface area contributed by atoms with Crippen LogP contribution in [0.25, 0.3) is 0 Å². The number of aryl methyl sites for hydroxylation is 2. The Hall–Kier alpha value is -1.69. The Morgan fingerprint density at radius 1 is 1.19 bits per heavy atom. The summed E-state index contributed by atoms with van der Waals surface area (Å²) in [5.41, 5.74) is 1.72. The fourth-order valence-electron chi connectivity index (χ4n) is 3.76. The van der Waals surface area contributed by atoms with Gasteiger partial charge in [0.15, 0.2) is 21.6 Å². The molecular weight excluding hydrogens is 527 g/mol. The topological polar surface area (TPSA) is 101 Å². The summed E-state index contributed by atoms with van der Waals surface area (Å²) in [6.07, 6.45) is 7.29. The quantitative estimate of drug-likeness (QED) is 0.320. The third kappa shape index (κ3) is 7.16. The minimum atomic E-state index is -3.22. The lowest BCUT2D eigenvalue weighted by atomic mass is 9.96. The molecule has 8 nitrogen and oxygen atoms in total. The Bertz CT molecular complexity index is 1010. The normalized spacial score (nSPS) is 15.4. The first kappa shape index (κ1) is 25.6. The van der Waals surface area contributed by atoms with Crippen LogP contribution in [-0.2, 0) is 30.0 Å². The number of hydrogen-bond donors (Lipinski definition) is 2. The van der Waals surface area contributed by atoms with Crippen molar-refractivity contribution in [2.75, 3.05) is 6.26 Å². The van der Waals surface area contributed by atoms with Crippen LogP contribution in [0.4, 0.5) is 0 Å². The minimum absolute atomic E-state index is 0. The number of guanidine groups is 1. The average molecular weight is 561 g/mol. The van der Waals surface area contributed by atoms with Crippen LogP contribution in [-0.4, -0.2) is 41.4 Å². The fourth-order valence-corrected chi connectivity index (χ4v) is 4.72. The largest absolute Gasteiger partial charge is 0.354 e. The van der Waals surface area contributed by atoms with Gasteiger partial charge in [0.25, 0.3) is 0 Å². The fraction of sp³-hybridized carbons (Fsp3) is 0.571. The number of sulfone groups is 1. The highest BCUT2D eigenvalue weighted by molar-refractivity contribution is 14.0. The molecule has 3 rings (SSSR count). The molecule has 1 aromatic carbocycles. The zero-order valence-corrected chi connectivity index (χ0v) is 21.8. The number of rotatable bonds is 6. The molecule has 0 bridgehead atoms. The van der Waals surface area contributed by atoms with Crippen molar-refractivity contribution in [1.82, 2.24) is 25.4 Å². The summed E-state index contributed by atoms with van der Waals surface area (Å²) in [7, 11) is -1.27. The Morgan fingerprint density at radius 3 is 2.48 bits per heavy atom. The Kier molecular flexibility index (Phi) is 9.28. The maximum Gasteiger partial charge on any atom is 0.192 e. The molecule has 0 unspecified atom stereocenters. The van der Waals surface area contributed by atoms with Gasteiger partial charge in [-0.3, -0.25) is 0 Å². The molecule has 0 aliphatic heterocycles. The van der Waals surface area contributed by atoms with E-state index >= 15 is 0 Å². The van der Waals surface area contributed by atoms with Gasteiger partial charge in [-0.1, -0.05) is 31.4 Å². The Morgan fingerprint density at radius 2 is 1.90 bits per heavy atom. The van der Waals surface area contributed by atoms with Crippen molar-refractivity contribution in [3.05, 3.63) is 41.0 Å². The highest BCUT2D eigenvalue weighted by Gasteiger charge is 2.16. The van der Waals surface area contributed by atoms with Crippen molar-refractivity contribution in [3.8, 4) is 0 Å². The lowest BCUT2D eigenvalue weighted by Gasteiger charge is -2.25. The van der Waals surface area contributed by atoms with Crippen LogP contribution in [0, 0.1) is 13.8 Å². The van der Waals surface area contributed by atoms with Gasteiger partial charge >= 0.3 is 0 Å². The van der Waals surface area contributed by atoms with Gasteiger partial charge in [-0.15, -0.1) is 34.2 Å². The zero-order chi connectivity index (χ0) is 21.7. The number of aliphatic imine (C=N–C) groups is 1. The standard InChI is InChI=1S/C21H32N6O2S.HI/c1-15-12-17(10-11-19(15)30(4,28)29)13-22-21(24-18-8-6-5-7-9-18)23-14-20-26-25-16(2)27(20)3;/h10-12,18H,5-9,13-14H2,1-4H3,(H2,22,23,24);1H. The summed E-state index contributed by atoms with van der Waals surface area (Å²) >= 11 is 0. The molecule has 1 heterocycles. The van der Waals surface area contributed by atoms with Gasteiger partial charge in [0.05, 0.1) is 18.0 Å². The van der Waals surface area contributed by atoms with E-state index in [4.69, 9.17) is 4.99 Å². The average Bonchev–Trinajstić information content (AvgIpc) is 3.02.